The summed E-state index contributed by atoms with van der Waals surface area (Å²) in [7, 11) is 6.19. The minimum atomic E-state index is 0. The number of phenols is 1. The van der Waals surface area contributed by atoms with E-state index in [9.17, 15) is 0 Å². The molecule has 0 fully saturated rings. The molecule has 0 unspecified atom stereocenters. The Bertz CT molecular complexity index is 255. The lowest BCUT2D eigenvalue weighted by Gasteiger charge is -2.23. The molecule has 3 heteroatoms. The molecule has 0 aliphatic carbocycles. The summed E-state index contributed by atoms with van der Waals surface area (Å²) < 4.78 is 0.731. The molecule has 1 aromatic rings. The first kappa shape index (κ1) is 11.7. The molecule has 0 amide bonds. The number of nitrogens with zero attached hydrogens (tertiary/aromatic N) is 1. The molecule has 0 aliphatic heterocycles. The third-order valence-electron chi connectivity index (χ3n) is 1.60. The van der Waals surface area contributed by atoms with Gasteiger partial charge < -0.3 is 29.1 Å². The van der Waals surface area contributed by atoms with E-state index in [-0.39, 0.29) is 24.0 Å². The molecule has 12 heavy (non-hydrogen) atoms. The Hall–Kier alpha value is -0.290. The molecule has 0 radical (unpaired) electrons. The molecule has 0 heterocycles. The van der Waals surface area contributed by atoms with E-state index in [4.69, 9.17) is 5.11 Å². The van der Waals surface area contributed by atoms with Crippen molar-refractivity contribution in [1.82, 2.24) is 4.48 Å². The average Bonchev–Trinajstić information content (AvgIpc) is 1.86. The summed E-state index contributed by atoms with van der Waals surface area (Å²) >= 11 is 0. The Labute approximate surface area is 90.4 Å². The lowest BCUT2D eigenvalue weighted by molar-refractivity contribution is -0.00000361. The highest BCUT2D eigenvalue weighted by Crippen LogP contribution is 2.21. The molecule has 2 nitrogen and oxygen atoms in total. The average molecular weight is 279 g/mol. The van der Waals surface area contributed by atoms with Crippen molar-refractivity contribution >= 4 is 5.69 Å². The highest BCUT2D eigenvalue weighted by Gasteiger charge is 2.11. The van der Waals surface area contributed by atoms with Crippen molar-refractivity contribution < 1.29 is 29.1 Å². The normalized spacial score (nSPS) is 10.6. The van der Waals surface area contributed by atoms with Crippen LogP contribution in [0.1, 0.15) is 0 Å². The van der Waals surface area contributed by atoms with E-state index < -0.39 is 0 Å². The van der Waals surface area contributed by atoms with Crippen molar-refractivity contribution in [2.45, 2.75) is 0 Å². The van der Waals surface area contributed by atoms with Gasteiger partial charge in [0, 0.05) is 6.07 Å². The van der Waals surface area contributed by atoms with Crippen molar-refractivity contribution in [1.29, 1.82) is 0 Å². The summed E-state index contributed by atoms with van der Waals surface area (Å²) in [5.41, 5.74) is 1.10. The largest absolute Gasteiger partial charge is 1.00 e. The fraction of sp³-hybridized carbons (Fsp3) is 0.333. The predicted molar refractivity (Wildman–Crippen MR) is 47.7 cm³/mol. The third kappa shape index (κ3) is 2.98. The quantitative estimate of drug-likeness (QED) is 0.495. The van der Waals surface area contributed by atoms with Crippen LogP contribution in [0.25, 0.3) is 0 Å². The SMILES string of the molecule is C[N+](C)(C)c1cccc(O)c1.[I-]. The summed E-state index contributed by atoms with van der Waals surface area (Å²) in [5.74, 6) is 0.329. The molecule has 1 aromatic carbocycles. The highest BCUT2D eigenvalue weighted by molar-refractivity contribution is 5.45. The monoisotopic (exact) mass is 279 g/mol. The molecule has 0 saturated carbocycles. The summed E-state index contributed by atoms with van der Waals surface area (Å²) in [6.45, 7) is 0. The number of aromatic hydroxyl groups is 1. The van der Waals surface area contributed by atoms with Gasteiger partial charge in [0.2, 0.25) is 0 Å². The molecule has 68 valence electrons. The Morgan fingerprint density at radius 1 is 1.17 bits per heavy atom. The first-order valence-electron chi connectivity index (χ1n) is 3.61. The molecule has 1 N–H and O–H groups in total. The lowest BCUT2D eigenvalue weighted by atomic mass is 10.2. The van der Waals surface area contributed by atoms with Gasteiger partial charge in [0.15, 0.2) is 0 Å². The maximum absolute atomic E-state index is 9.17. The zero-order valence-corrected chi connectivity index (χ0v) is 9.74. The molecule has 0 saturated heterocycles. The van der Waals surface area contributed by atoms with Gasteiger partial charge in [-0.05, 0) is 12.1 Å². The second-order valence-corrected chi connectivity index (χ2v) is 3.53. The number of benzene rings is 1. The van der Waals surface area contributed by atoms with Crippen LogP contribution in [0.5, 0.6) is 5.75 Å². The molecule has 0 aliphatic rings. The minimum Gasteiger partial charge on any atom is -1.00 e. The number of hydrogen-bond acceptors (Lipinski definition) is 1. The van der Waals surface area contributed by atoms with Gasteiger partial charge in [0.1, 0.15) is 11.4 Å². The van der Waals surface area contributed by atoms with Gasteiger partial charge in [0.05, 0.1) is 21.1 Å². The zero-order chi connectivity index (χ0) is 8.48. The summed E-state index contributed by atoms with van der Waals surface area (Å²) in [6.07, 6.45) is 0. The van der Waals surface area contributed by atoms with Gasteiger partial charge in [-0.3, -0.25) is 4.48 Å². The summed E-state index contributed by atoms with van der Waals surface area (Å²) in [6, 6.07) is 7.31. The maximum Gasteiger partial charge on any atom is 0.135 e. The topological polar surface area (TPSA) is 20.2 Å². The summed E-state index contributed by atoms with van der Waals surface area (Å²) in [5, 5.41) is 9.17. The van der Waals surface area contributed by atoms with Gasteiger partial charge in [0.25, 0.3) is 0 Å². The highest BCUT2D eigenvalue weighted by atomic mass is 127. The van der Waals surface area contributed by atoms with Crippen LogP contribution < -0.4 is 28.5 Å². The second kappa shape index (κ2) is 4.09. The van der Waals surface area contributed by atoms with E-state index in [2.05, 4.69) is 21.1 Å². The first-order chi connectivity index (χ1) is 5.00. The van der Waals surface area contributed by atoms with Crippen molar-refractivity contribution in [2.75, 3.05) is 21.1 Å². The van der Waals surface area contributed by atoms with Crippen molar-refractivity contribution in [2.24, 2.45) is 0 Å². The van der Waals surface area contributed by atoms with E-state index in [0.29, 0.717) is 5.75 Å². The van der Waals surface area contributed by atoms with Crippen molar-refractivity contribution in [3.8, 4) is 5.75 Å². The third-order valence-corrected chi connectivity index (χ3v) is 1.60. The van der Waals surface area contributed by atoms with E-state index in [1.807, 2.05) is 12.1 Å². The van der Waals surface area contributed by atoms with Crippen LogP contribution in [0.2, 0.25) is 0 Å². The molecule has 0 spiro atoms. The van der Waals surface area contributed by atoms with Gasteiger partial charge in [-0.15, -0.1) is 0 Å². The Balaban J connectivity index is 0.00000121. The fourth-order valence-electron chi connectivity index (χ4n) is 0.910. The Kier molecular flexibility index (Phi) is 3.99. The lowest BCUT2D eigenvalue weighted by Crippen LogP contribution is -3.00. The standard InChI is InChI=1S/C9H13NO.HI/c1-10(2,3)8-5-4-6-9(11)7-8;/h4-7H,1-3H3;1H. The number of rotatable bonds is 1. The van der Waals surface area contributed by atoms with Crippen LogP contribution in [0.4, 0.5) is 5.69 Å². The minimum absolute atomic E-state index is 0. The van der Waals surface area contributed by atoms with Gasteiger partial charge >= 0.3 is 0 Å². The number of phenolic OH excluding ortho intramolecular Hbond substituents is 1. The second-order valence-electron chi connectivity index (χ2n) is 3.53. The summed E-state index contributed by atoms with van der Waals surface area (Å²) in [4.78, 5) is 0. The Morgan fingerprint density at radius 3 is 2.08 bits per heavy atom. The molecular weight excluding hydrogens is 265 g/mol. The van der Waals surface area contributed by atoms with Crippen molar-refractivity contribution in [3.05, 3.63) is 24.3 Å². The van der Waals surface area contributed by atoms with Crippen LogP contribution in [-0.4, -0.2) is 26.2 Å². The van der Waals surface area contributed by atoms with E-state index in [1.165, 1.54) is 0 Å². The molecule has 0 aromatic heterocycles. The smallest absolute Gasteiger partial charge is 0.135 e. The van der Waals surface area contributed by atoms with E-state index >= 15 is 0 Å². The first-order valence-corrected chi connectivity index (χ1v) is 3.61. The number of hydrogen-bond donors (Lipinski definition) is 1. The molecule has 0 bridgehead atoms. The predicted octanol–water partition coefficient (Wildman–Crippen LogP) is -1.41. The van der Waals surface area contributed by atoms with Gasteiger partial charge in [-0.2, -0.15) is 0 Å². The van der Waals surface area contributed by atoms with Crippen molar-refractivity contribution in [3.63, 3.8) is 0 Å². The molecule has 0 atom stereocenters. The molecule has 1 rings (SSSR count). The van der Waals surface area contributed by atoms with Gasteiger partial charge in [-0.1, -0.05) is 6.07 Å². The molecular formula is C9H14INO. The van der Waals surface area contributed by atoms with Crippen LogP contribution in [0.3, 0.4) is 0 Å². The van der Waals surface area contributed by atoms with E-state index in [0.717, 1.165) is 10.2 Å². The fourth-order valence-corrected chi connectivity index (χ4v) is 0.910. The van der Waals surface area contributed by atoms with E-state index in [1.54, 1.807) is 12.1 Å². The van der Waals surface area contributed by atoms with Crippen LogP contribution in [0, 0.1) is 0 Å². The zero-order valence-electron chi connectivity index (χ0n) is 7.58. The van der Waals surface area contributed by atoms with Gasteiger partial charge in [-0.25, -0.2) is 0 Å². The van der Waals surface area contributed by atoms with Crippen LogP contribution in [0.15, 0.2) is 24.3 Å². The number of halogens is 1. The van der Waals surface area contributed by atoms with Crippen LogP contribution >= 0.6 is 0 Å². The van der Waals surface area contributed by atoms with Crippen LogP contribution in [-0.2, 0) is 0 Å². The maximum atomic E-state index is 9.17. The number of quaternary nitrogens is 1. The Morgan fingerprint density at radius 2 is 1.75 bits per heavy atom.